The second-order valence-corrected chi connectivity index (χ2v) is 3.05. The Bertz CT molecular complexity index is 369. The van der Waals surface area contributed by atoms with E-state index in [1.54, 1.807) is 18.2 Å². The molecule has 3 nitrogen and oxygen atoms in total. The van der Waals surface area contributed by atoms with Crippen LogP contribution in [0.3, 0.4) is 0 Å². The second kappa shape index (κ2) is 5.20. The van der Waals surface area contributed by atoms with Crippen LogP contribution in [-0.4, -0.2) is 17.7 Å². The van der Waals surface area contributed by atoms with E-state index >= 15 is 0 Å². The van der Waals surface area contributed by atoms with Crippen molar-refractivity contribution in [2.75, 3.05) is 6.61 Å². The Labute approximate surface area is 89.0 Å². The summed E-state index contributed by atoms with van der Waals surface area (Å²) in [5.74, 6) is -0.517. The molecule has 0 saturated carbocycles. The average molecular weight is 206 g/mol. The SMILES string of the molecule is C=CCOc1c(CC)cccc1C(=O)O. The summed E-state index contributed by atoms with van der Waals surface area (Å²) in [6.07, 6.45) is 2.34. The van der Waals surface area contributed by atoms with Crippen LogP contribution in [0.1, 0.15) is 22.8 Å². The van der Waals surface area contributed by atoms with Gasteiger partial charge in [0.15, 0.2) is 0 Å². The first-order chi connectivity index (χ1) is 7.20. The predicted molar refractivity (Wildman–Crippen MR) is 58.5 cm³/mol. The fraction of sp³-hybridized carbons (Fsp3) is 0.250. The molecule has 0 saturated heterocycles. The van der Waals surface area contributed by atoms with E-state index in [-0.39, 0.29) is 5.56 Å². The third-order valence-electron chi connectivity index (χ3n) is 2.05. The van der Waals surface area contributed by atoms with Gasteiger partial charge in [0.2, 0.25) is 0 Å². The molecule has 0 fully saturated rings. The van der Waals surface area contributed by atoms with Gasteiger partial charge in [0, 0.05) is 0 Å². The molecule has 0 aliphatic heterocycles. The summed E-state index contributed by atoms with van der Waals surface area (Å²) in [5.41, 5.74) is 1.10. The highest BCUT2D eigenvalue weighted by Crippen LogP contribution is 2.24. The Balaban J connectivity index is 3.14. The van der Waals surface area contributed by atoms with E-state index in [0.717, 1.165) is 12.0 Å². The first kappa shape index (κ1) is 11.3. The lowest BCUT2D eigenvalue weighted by atomic mass is 10.1. The Morgan fingerprint density at radius 3 is 2.87 bits per heavy atom. The summed E-state index contributed by atoms with van der Waals surface area (Å²) in [5, 5.41) is 8.98. The Morgan fingerprint density at radius 1 is 1.60 bits per heavy atom. The molecule has 15 heavy (non-hydrogen) atoms. The molecule has 0 aliphatic rings. The van der Waals surface area contributed by atoms with Crippen molar-refractivity contribution in [2.45, 2.75) is 13.3 Å². The standard InChI is InChI=1S/C12H14O3/c1-3-8-15-11-9(4-2)6-5-7-10(11)12(13)14/h3,5-7H,1,4,8H2,2H3,(H,13,14). The maximum absolute atomic E-state index is 10.9. The minimum absolute atomic E-state index is 0.205. The summed E-state index contributed by atoms with van der Waals surface area (Å²) < 4.78 is 5.37. The van der Waals surface area contributed by atoms with Crippen LogP contribution in [0.15, 0.2) is 30.9 Å². The Kier molecular flexibility index (Phi) is 3.92. The molecule has 0 bridgehead atoms. The lowest BCUT2D eigenvalue weighted by molar-refractivity contribution is 0.0692. The van der Waals surface area contributed by atoms with Gasteiger partial charge in [-0.25, -0.2) is 4.79 Å². The second-order valence-electron chi connectivity index (χ2n) is 3.05. The van der Waals surface area contributed by atoms with Gasteiger partial charge in [-0.15, -0.1) is 0 Å². The number of aromatic carboxylic acids is 1. The van der Waals surface area contributed by atoms with Crippen LogP contribution in [0.25, 0.3) is 0 Å². The van der Waals surface area contributed by atoms with Crippen LogP contribution in [0.5, 0.6) is 5.75 Å². The summed E-state index contributed by atoms with van der Waals surface area (Å²) in [7, 11) is 0. The van der Waals surface area contributed by atoms with Gasteiger partial charge in [0.05, 0.1) is 0 Å². The summed E-state index contributed by atoms with van der Waals surface area (Å²) >= 11 is 0. The molecule has 0 atom stereocenters. The quantitative estimate of drug-likeness (QED) is 0.753. The largest absolute Gasteiger partial charge is 0.488 e. The van der Waals surface area contributed by atoms with Gasteiger partial charge in [-0.3, -0.25) is 0 Å². The van der Waals surface area contributed by atoms with Crippen molar-refractivity contribution in [2.24, 2.45) is 0 Å². The molecular weight excluding hydrogens is 192 g/mol. The van der Waals surface area contributed by atoms with Gasteiger partial charge in [-0.2, -0.15) is 0 Å². The molecule has 0 amide bonds. The molecule has 3 heteroatoms. The molecule has 0 aromatic heterocycles. The van der Waals surface area contributed by atoms with Crippen LogP contribution in [-0.2, 0) is 6.42 Å². The van der Waals surface area contributed by atoms with Crippen LogP contribution < -0.4 is 4.74 Å². The minimum atomic E-state index is -0.968. The maximum Gasteiger partial charge on any atom is 0.339 e. The number of benzene rings is 1. The number of rotatable bonds is 5. The molecule has 1 aromatic carbocycles. The lowest BCUT2D eigenvalue weighted by Crippen LogP contribution is -2.05. The van der Waals surface area contributed by atoms with Crippen molar-refractivity contribution < 1.29 is 14.6 Å². The van der Waals surface area contributed by atoms with Gasteiger partial charge in [-0.1, -0.05) is 31.7 Å². The van der Waals surface area contributed by atoms with Gasteiger partial charge >= 0.3 is 5.97 Å². The summed E-state index contributed by atoms with van der Waals surface area (Å²) in [4.78, 5) is 10.9. The van der Waals surface area contributed by atoms with Crippen LogP contribution in [0.2, 0.25) is 0 Å². The van der Waals surface area contributed by atoms with E-state index in [0.29, 0.717) is 12.4 Å². The average Bonchev–Trinajstić information content (AvgIpc) is 2.25. The molecule has 1 aromatic rings. The lowest BCUT2D eigenvalue weighted by Gasteiger charge is -2.11. The molecule has 0 unspecified atom stereocenters. The van der Waals surface area contributed by atoms with Crippen molar-refractivity contribution in [1.82, 2.24) is 0 Å². The van der Waals surface area contributed by atoms with Crippen molar-refractivity contribution in [3.05, 3.63) is 42.0 Å². The molecule has 80 valence electrons. The fourth-order valence-electron chi connectivity index (χ4n) is 1.34. The van der Waals surface area contributed by atoms with E-state index in [4.69, 9.17) is 9.84 Å². The zero-order chi connectivity index (χ0) is 11.3. The predicted octanol–water partition coefficient (Wildman–Crippen LogP) is 2.51. The number of hydrogen-bond acceptors (Lipinski definition) is 2. The first-order valence-corrected chi connectivity index (χ1v) is 4.79. The smallest absolute Gasteiger partial charge is 0.339 e. The number of para-hydroxylation sites is 1. The summed E-state index contributed by atoms with van der Waals surface area (Å²) in [6.45, 7) is 5.81. The Morgan fingerprint density at radius 2 is 2.33 bits per heavy atom. The van der Waals surface area contributed by atoms with Crippen molar-refractivity contribution >= 4 is 5.97 Å². The molecule has 0 spiro atoms. The molecular formula is C12H14O3. The van der Waals surface area contributed by atoms with Crippen LogP contribution in [0, 0.1) is 0 Å². The third kappa shape index (κ3) is 2.59. The van der Waals surface area contributed by atoms with Crippen molar-refractivity contribution in [3.8, 4) is 5.75 Å². The highest BCUT2D eigenvalue weighted by Gasteiger charge is 2.13. The van der Waals surface area contributed by atoms with Gasteiger partial charge in [-0.05, 0) is 18.1 Å². The summed E-state index contributed by atoms with van der Waals surface area (Å²) in [6, 6.07) is 5.13. The monoisotopic (exact) mass is 206 g/mol. The van der Waals surface area contributed by atoms with Gasteiger partial charge in [0.1, 0.15) is 17.9 Å². The third-order valence-corrected chi connectivity index (χ3v) is 2.05. The number of hydrogen-bond donors (Lipinski definition) is 1. The molecule has 0 heterocycles. The van der Waals surface area contributed by atoms with E-state index in [1.165, 1.54) is 0 Å². The van der Waals surface area contributed by atoms with Crippen LogP contribution in [0.4, 0.5) is 0 Å². The van der Waals surface area contributed by atoms with E-state index in [1.807, 2.05) is 13.0 Å². The normalized spacial score (nSPS) is 9.67. The first-order valence-electron chi connectivity index (χ1n) is 4.79. The number of aryl methyl sites for hydroxylation is 1. The molecule has 0 radical (unpaired) electrons. The topological polar surface area (TPSA) is 46.5 Å². The number of ether oxygens (including phenoxy) is 1. The number of carboxylic acid groups (broad SMARTS) is 1. The van der Waals surface area contributed by atoms with E-state index in [2.05, 4.69) is 6.58 Å². The minimum Gasteiger partial charge on any atom is -0.488 e. The highest BCUT2D eigenvalue weighted by atomic mass is 16.5. The zero-order valence-electron chi connectivity index (χ0n) is 8.69. The molecule has 1 rings (SSSR count). The highest BCUT2D eigenvalue weighted by molar-refractivity contribution is 5.91. The maximum atomic E-state index is 10.9. The molecule has 1 N–H and O–H groups in total. The fourth-order valence-corrected chi connectivity index (χ4v) is 1.34. The number of carboxylic acids is 1. The number of carbonyl (C=O) groups is 1. The zero-order valence-corrected chi connectivity index (χ0v) is 8.69. The van der Waals surface area contributed by atoms with Gasteiger partial charge < -0.3 is 9.84 Å². The van der Waals surface area contributed by atoms with E-state index in [9.17, 15) is 4.79 Å². The van der Waals surface area contributed by atoms with Gasteiger partial charge in [0.25, 0.3) is 0 Å². The molecule has 0 aliphatic carbocycles. The van der Waals surface area contributed by atoms with E-state index < -0.39 is 5.97 Å². The Hall–Kier alpha value is -1.77. The van der Waals surface area contributed by atoms with Crippen molar-refractivity contribution in [3.63, 3.8) is 0 Å². The van der Waals surface area contributed by atoms with Crippen molar-refractivity contribution in [1.29, 1.82) is 0 Å². The van der Waals surface area contributed by atoms with Crippen LogP contribution >= 0.6 is 0 Å².